The number of nitrogens with one attached hydrogen (secondary N) is 1. The summed E-state index contributed by atoms with van der Waals surface area (Å²) in [5.74, 6) is -10.1. The smallest absolute Gasteiger partial charge is 0.748 e. The topological polar surface area (TPSA) is 285 Å². The van der Waals surface area contributed by atoms with Crippen molar-refractivity contribution in [2.75, 3.05) is 12.4 Å². The third-order valence-corrected chi connectivity index (χ3v) is 15.0. The monoisotopic (exact) mass is 1010 g/mol. The molecule has 3 fully saturated rings. The SMILES string of the molecule is CC(=O)O[C@H]1C(=O)[C@@]2(C)[C@H]([C@H](OC(=O)c3ccccc3)[C@]3(O)C[C@H](OC(=O)[C@H](OC(=O)CCS(=O)(=O)[O-])[C@@H](NC(=O)c4ccccc4)c4ccccc4)C(C)=C1C3(C)C)[C@]1(OC(C)=O)CO[C@@H]1C[C@@H]2O.[Na+]. The van der Waals surface area contributed by atoms with Gasteiger partial charge in [-0.15, -0.1) is 0 Å². The van der Waals surface area contributed by atoms with Gasteiger partial charge in [0.1, 0.15) is 30.0 Å². The number of amides is 1. The van der Waals surface area contributed by atoms with Crippen molar-refractivity contribution in [3.63, 3.8) is 0 Å². The first-order valence-electron chi connectivity index (χ1n) is 22.5. The molecule has 4 aliphatic rings. The van der Waals surface area contributed by atoms with E-state index in [1.807, 2.05) is 0 Å². The quantitative estimate of drug-likeness (QED) is 0.0640. The van der Waals surface area contributed by atoms with Crippen LogP contribution in [0.1, 0.15) is 93.1 Å². The summed E-state index contributed by atoms with van der Waals surface area (Å²) >= 11 is 0. The van der Waals surface area contributed by atoms with E-state index in [-0.39, 0.29) is 70.4 Å². The molecule has 21 heteroatoms. The fourth-order valence-corrected chi connectivity index (χ4v) is 11.1. The summed E-state index contributed by atoms with van der Waals surface area (Å²) in [5, 5.41) is 28.7. The van der Waals surface area contributed by atoms with E-state index in [0.29, 0.717) is 0 Å². The number of esters is 5. The van der Waals surface area contributed by atoms with Gasteiger partial charge in [-0.25, -0.2) is 18.0 Å². The molecule has 3 aromatic carbocycles. The van der Waals surface area contributed by atoms with Gasteiger partial charge in [0, 0.05) is 43.4 Å². The third-order valence-electron chi connectivity index (χ3n) is 14.3. The fraction of sp³-hybridized carbons (Fsp3) is 0.460. The Morgan fingerprint density at radius 2 is 1.44 bits per heavy atom. The molecule has 19 nitrogen and oxygen atoms in total. The van der Waals surface area contributed by atoms with Crippen LogP contribution in [0.25, 0.3) is 0 Å². The first-order valence-corrected chi connectivity index (χ1v) is 24.1. The Balaban J connectivity index is 0.00000825. The van der Waals surface area contributed by atoms with Gasteiger partial charge < -0.3 is 48.5 Å². The summed E-state index contributed by atoms with van der Waals surface area (Å²) in [4.78, 5) is 98.6. The molecule has 0 spiro atoms. The number of benzene rings is 3. The molecule has 1 aliphatic heterocycles. The average Bonchev–Trinajstić information content (AvgIpc) is 3.30. The Kier molecular flexibility index (Phi) is 16.3. The van der Waals surface area contributed by atoms with Crippen molar-refractivity contribution in [1.29, 1.82) is 0 Å². The molecule has 2 saturated carbocycles. The molecule has 0 radical (unpaired) electrons. The molecule has 3 aromatic rings. The first kappa shape index (κ1) is 55.0. The summed E-state index contributed by atoms with van der Waals surface area (Å²) < 4.78 is 70.9. The fourth-order valence-electron chi connectivity index (χ4n) is 10.7. The predicted octanol–water partition coefficient (Wildman–Crippen LogP) is 0.226. The van der Waals surface area contributed by atoms with Crippen molar-refractivity contribution in [3.8, 4) is 0 Å². The van der Waals surface area contributed by atoms with Crippen molar-refractivity contribution in [3.05, 3.63) is 119 Å². The molecule has 11 atom stereocenters. The Morgan fingerprint density at radius 1 is 0.859 bits per heavy atom. The summed E-state index contributed by atoms with van der Waals surface area (Å²) in [6, 6.07) is 21.6. The predicted molar refractivity (Wildman–Crippen MR) is 241 cm³/mol. The van der Waals surface area contributed by atoms with Crippen LogP contribution in [-0.4, -0.2) is 125 Å². The van der Waals surface area contributed by atoms with Gasteiger partial charge in [0.2, 0.25) is 6.10 Å². The van der Waals surface area contributed by atoms with E-state index in [1.54, 1.807) is 54.6 Å². The van der Waals surface area contributed by atoms with E-state index >= 15 is 9.59 Å². The van der Waals surface area contributed by atoms with Crippen LogP contribution in [0, 0.1) is 16.7 Å². The minimum Gasteiger partial charge on any atom is -0.748 e. The number of aliphatic hydroxyl groups excluding tert-OH is 1. The number of fused-ring (bicyclic) bond motifs is 5. The molecule has 0 unspecified atom stereocenters. The molecule has 1 amide bonds. The van der Waals surface area contributed by atoms with Crippen molar-refractivity contribution in [2.24, 2.45) is 16.7 Å². The Morgan fingerprint density at radius 3 is 1.97 bits per heavy atom. The molecule has 1 saturated heterocycles. The van der Waals surface area contributed by atoms with Crippen molar-refractivity contribution in [2.45, 2.75) is 115 Å². The van der Waals surface area contributed by atoms with E-state index in [2.05, 4.69) is 5.32 Å². The zero-order valence-electron chi connectivity index (χ0n) is 40.1. The summed E-state index contributed by atoms with van der Waals surface area (Å²) in [5.41, 5.74) is -8.11. The first-order chi connectivity index (χ1) is 32.9. The summed E-state index contributed by atoms with van der Waals surface area (Å²) in [7, 11) is -4.97. The maximum atomic E-state index is 15.7. The molecule has 71 heavy (non-hydrogen) atoms. The number of rotatable bonds is 14. The molecule has 1 heterocycles. The maximum Gasteiger partial charge on any atom is 1.00 e. The summed E-state index contributed by atoms with van der Waals surface area (Å²) in [6.45, 7) is 7.52. The van der Waals surface area contributed by atoms with Crippen LogP contribution >= 0.6 is 0 Å². The molecule has 3 aliphatic carbocycles. The van der Waals surface area contributed by atoms with Crippen LogP contribution in [0.4, 0.5) is 0 Å². The molecule has 3 N–H and O–H groups in total. The zero-order chi connectivity index (χ0) is 51.1. The Bertz CT molecular complexity index is 2700. The van der Waals surface area contributed by atoms with E-state index in [9.17, 15) is 47.2 Å². The number of ether oxygens (including phenoxy) is 6. The molecular formula is C50H54NNaO18S. The van der Waals surface area contributed by atoms with E-state index in [4.69, 9.17) is 28.4 Å². The number of hydrogen-bond donors (Lipinski definition) is 3. The summed E-state index contributed by atoms with van der Waals surface area (Å²) in [6.07, 6.45) is -12.5. The number of aliphatic hydroxyl groups is 2. The number of ketones is 1. The number of Topliss-reactive ketones (excluding diaryl/α,β-unsaturated/α-hetero) is 1. The van der Waals surface area contributed by atoms with Crippen molar-refractivity contribution >= 4 is 51.7 Å². The third kappa shape index (κ3) is 10.5. The standard InChI is InChI=1S/C50H55NO18S.Na/c1-27-33(66-46(59)40(67-36(55)22-23-70(61,62)63)38(30-16-10-7-11-17-30)51-44(57)31-18-12-8-13-19-31)25-50(60)43(68-45(58)32-20-14-9-15-21-32)41-48(6,34(54)24-35-49(41,26-64-35)69-29(3)53)42(56)39(65-28(2)52)37(27)47(50,4)5;/h7-21,33-35,38-41,43,54,60H,22-26H2,1-6H3,(H,51,57)(H,61,62,63);/q;+1/p-1/t33-,34-,35+,38-,39+,40+,41-,43-,48+,49-,50+;/m0./s1. The molecule has 374 valence electrons. The van der Waals surface area contributed by atoms with Gasteiger partial charge in [-0.05, 0) is 54.8 Å². The Hall–Kier alpha value is -5.32. The van der Waals surface area contributed by atoms with Gasteiger partial charge in [-0.3, -0.25) is 24.0 Å². The minimum absolute atomic E-state index is 0. The molecular weight excluding hydrogens is 958 g/mol. The Labute approximate surface area is 432 Å². The van der Waals surface area contributed by atoms with Crippen LogP contribution in [0.2, 0.25) is 0 Å². The minimum atomic E-state index is -4.97. The maximum absolute atomic E-state index is 15.7. The van der Waals surface area contributed by atoms with Gasteiger partial charge in [-0.1, -0.05) is 80.6 Å². The van der Waals surface area contributed by atoms with Gasteiger partial charge in [-0.2, -0.15) is 0 Å². The van der Waals surface area contributed by atoms with Crippen LogP contribution in [0.5, 0.6) is 0 Å². The van der Waals surface area contributed by atoms with Gasteiger partial charge >= 0.3 is 59.4 Å². The second-order valence-corrected chi connectivity index (χ2v) is 20.4. The van der Waals surface area contributed by atoms with Crippen molar-refractivity contribution < 1.29 is 115 Å². The van der Waals surface area contributed by atoms with Gasteiger partial charge in [0.15, 0.2) is 17.5 Å². The van der Waals surface area contributed by atoms with Gasteiger partial charge in [0.25, 0.3) is 5.91 Å². The van der Waals surface area contributed by atoms with Crippen LogP contribution < -0.4 is 34.9 Å². The zero-order valence-corrected chi connectivity index (χ0v) is 43.0. The number of carbonyl (C=O) groups excluding carboxylic acids is 7. The second kappa shape index (κ2) is 21.0. The number of hydrogen-bond acceptors (Lipinski definition) is 18. The second-order valence-electron chi connectivity index (χ2n) is 18.8. The van der Waals surface area contributed by atoms with Crippen LogP contribution in [0.3, 0.4) is 0 Å². The van der Waals surface area contributed by atoms with Crippen LogP contribution in [-0.2, 0) is 62.5 Å². The number of carbonyl (C=O) groups is 7. The average molecular weight is 1010 g/mol. The van der Waals surface area contributed by atoms with E-state index in [1.165, 1.54) is 64.1 Å². The normalized spacial score (nSPS) is 29.3. The molecule has 0 aromatic heterocycles. The van der Waals surface area contributed by atoms with Gasteiger partial charge in [0.05, 0.1) is 46.1 Å². The molecule has 7 rings (SSSR count). The van der Waals surface area contributed by atoms with Crippen LogP contribution in [0.15, 0.2) is 102 Å². The van der Waals surface area contributed by atoms with E-state index in [0.717, 1.165) is 13.8 Å². The van der Waals surface area contributed by atoms with E-state index < -0.39 is 141 Å². The molecule has 2 bridgehead atoms. The largest absolute Gasteiger partial charge is 1.00 e. The van der Waals surface area contributed by atoms with Crippen molar-refractivity contribution in [1.82, 2.24) is 5.32 Å².